The number of ether oxygens (including phenoxy) is 1. The standard InChI is InChI=1S/C15H17NO2S/c1-3-18-14(17)8-7-13-10-19-15(16-13)12-6-4-5-11(2)9-12/h4-6,9-10H,3,7-8H2,1-2H3. The van der Waals surface area contributed by atoms with Gasteiger partial charge in [-0.3, -0.25) is 4.79 Å². The summed E-state index contributed by atoms with van der Waals surface area (Å²) in [6.07, 6.45) is 1.03. The van der Waals surface area contributed by atoms with Gasteiger partial charge in [-0.2, -0.15) is 0 Å². The first-order chi connectivity index (χ1) is 9.19. The van der Waals surface area contributed by atoms with Crippen molar-refractivity contribution in [3.8, 4) is 10.6 Å². The summed E-state index contributed by atoms with van der Waals surface area (Å²) in [4.78, 5) is 15.9. The Morgan fingerprint density at radius 3 is 3.00 bits per heavy atom. The summed E-state index contributed by atoms with van der Waals surface area (Å²) in [6.45, 7) is 4.32. The molecular weight excluding hydrogens is 258 g/mol. The van der Waals surface area contributed by atoms with Gasteiger partial charge in [0.2, 0.25) is 0 Å². The Bertz CT molecular complexity index is 563. The van der Waals surface area contributed by atoms with Gasteiger partial charge in [0.05, 0.1) is 18.7 Å². The largest absolute Gasteiger partial charge is 0.466 e. The lowest BCUT2D eigenvalue weighted by Gasteiger charge is -1.99. The Morgan fingerprint density at radius 2 is 2.26 bits per heavy atom. The van der Waals surface area contributed by atoms with Gasteiger partial charge in [0.1, 0.15) is 5.01 Å². The first-order valence-electron chi connectivity index (χ1n) is 6.36. The molecule has 0 radical (unpaired) electrons. The molecule has 0 aliphatic heterocycles. The third kappa shape index (κ3) is 3.89. The van der Waals surface area contributed by atoms with Gasteiger partial charge in [-0.05, 0) is 19.9 Å². The molecule has 0 atom stereocenters. The second kappa shape index (κ2) is 6.48. The van der Waals surface area contributed by atoms with Crippen molar-refractivity contribution in [1.29, 1.82) is 0 Å². The summed E-state index contributed by atoms with van der Waals surface area (Å²) in [7, 11) is 0. The average Bonchev–Trinajstić information content (AvgIpc) is 2.85. The van der Waals surface area contributed by atoms with Gasteiger partial charge in [0, 0.05) is 17.4 Å². The molecule has 1 heterocycles. The van der Waals surface area contributed by atoms with Crippen molar-refractivity contribution in [3.05, 3.63) is 40.9 Å². The molecule has 1 aromatic heterocycles. The number of aryl methyl sites for hydroxylation is 2. The number of aromatic nitrogens is 1. The van der Waals surface area contributed by atoms with E-state index < -0.39 is 0 Å². The fourth-order valence-electron chi connectivity index (χ4n) is 1.80. The zero-order valence-corrected chi connectivity index (χ0v) is 12.0. The van der Waals surface area contributed by atoms with Crippen LogP contribution in [0.4, 0.5) is 0 Å². The number of thiazole rings is 1. The Kier molecular flexibility index (Phi) is 4.68. The Hall–Kier alpha value is -1.68. The van der Waals surface area contributed by atoms with Crippen LogP contribution in [0.3, 0.4) is 0 Å². The van der Waals surface area contributed by atoms with Crippen molar-refractivity contribution in [2.24, 2.45) is 0 Å². The van der Waals surface area contributed by atoms with Crippen LogP contribution in [0.1, 0.15) is 24.6 Å². The number of carbonyl (C=O) groups excluding carboxylic acids is 1. The number of hydrogen-bond acceptors (Lipinski definition) is 4. The van der Waals surface area contributed by atoms with Crippen LogP contribution in [0.15, 0.2) is 29.6 Å². The lowest BCUT2D eigenvalue weighted by Crippen LogP contribution is -2.05. The molecule has 100 valence electrons. The van der Waals surface area contributed by atoms with E-state index in [-0.39, 0.29) is 5.97 Å². The van der Waals surface area contributed by atoms with E-state index in [0.717, 1.165) is 16.3 Å². The summed E-state index contributed by atoms with van der Waals surface area (Å²) in [5, 5.41) is 3.01. The number of esters is 1. The molecule has 0 unspecified atom stereocenters. The molecule has 3 nitrogen and oxygen atoms in total. The van der Waals surface area contributed by atoms with Crippen molar-refractivity contribution >= 4 is 17.3 Å². The topological polar surface area (TPSA) is 39.2 Å². The van der Waals surface area contributed by atoms with Crippen LogP contribution < -0.4 is 0 Å². The van der Waals surface area contributed by atoms with Gasteiger partial charge in [-0.25, -0.2) is 4.98 Å². The van der Waals surface area contributed by atoms with E-state index in [1.807, 2.05) is 18.4 Å². The first-order valence-corrected chi connectivity index (χ1v) is 7.24. The van der Waals surface area contributed by atoms with Crippen LogP contribution in [-0.2, 0) is 16.0 Å². The molecule has 0 bridgehead atoms. The van der Waals surface area contributed by atoms with Crippen LogP contribution in [0.25, 0.3) is 10.6 Å². The van der Waals surface area contributed by atoms with E-state index >= 15 is 0 Å². The maximum Gasteiger partial charge on any atom is 0.306 e. The minimum absolute atomic E-state index is 0.160. The quantitative estimate of drug-likeness (QED) is 0.782. The SMILES string of the molecule is CCOC(=O)CCc1csc(-c2cccc(C)c2)n1. The number of rotatable bonds is 5. The van der Waals surface area contributed by atoms with E-state index in [1.165, 1.54) is 5.56 Å². The van der Waals surface area contributed by atoms with E-state index in [1.54, 1.807) is 11.3 Å². The van der Waals surface area contributed by atoms with Crippen molar-refractivity contribution in [1.82, 2.24) is 4.98 Å². The molecule has 2 aromatic rings. The highest BCUT2D eigenvalue weighted by molar-refractivity contribution is 7.13. The van der Waals surface area contributed by atoms with Gasteiger partial charge >= 0.3 is 5.97 Å². The summed E-state index contributed by atoms with van der Waals surface area (Å²) in [6, 6.07) is 8.28. The fraction of sp³-hybridized carbons (Fsp3) is 0.333. The van der Waals surface area contributed by atoms with Crippen molar-refractivity contribution in [2.45, 2.75) is 26.7 Å². The molecule has 0 spiro atoms. The predicted molar refractivity (Wildman–Crippen MR) is 77.2 cm³/mol. The molecule has 0 aliphatic carbocycles. The molecule has 2 rings (SSSR count). The maximum atomic E-state index is 11.3. The number of carbonyl (C=O) groups is 1. The van der Waals surface area contributed by atoms with E-state index in [0.29, 0.717) is 19.4 Å². The van der Waals surface area contributed by atoms with Crippen LogP contribution in [0, 0.1) is 6.92 Å². The minimum Gasteiger partial charge on any atom is -0.466 e. The molecule has 0 aliphatic rings. The minimum atomic E-state index is -0.160. The van der Waals surface area contributed by atoms with Crippen molar-refractivity contribution < 1.29 is 9.53 Å². The van der Waals surface area contributed by atoms with Crippen LogP contribution >= 0.6 is 11.3 Å². The molecule has 0 fully saturated rings. The third-order valence-electron chi connectivity index (χ3n) is 2.71. The van der Waals surface area contributed by atoms with Gasteiger partial charge in [-0.1, -0.05) is 23.8 Å². The summed E-state index contributed by atoms with van der Waals surface area (Å²) in [5.74, 6) is -0.160. The fourth-order valence-corrected chi connectivity index (χ4v) is 2.65. The molecular formula is C15H17NO2S. The maximum absolute atomic E-state index is 11.3. The average molecular weight is 275 g/mol. The van der Waals surface area contributed by atoms with Crippen LogP contribution in [-0.4, -0.2) is 17.6 Å². The lowest BCUT2D eigenvalue weighted by molar-refractivity contribution is -0.143. The summed E-state index contributed by atoms with van der Waals surface area (Å²) in [5.41, 5.74) is 3.31. The second-order valence-corrected chi connectivity index (χ2v) is 5.18. The monoisotopic (exact) mass is 275 g/mol. The number of hydrogen-bond donors (Lipinski definition) is 0. The van der Waals surface area contributed by atoms with Gasteiger partial charge in [-0.15, -0.1) is 11.3 Å². The molecule has 1 aromatic carbocycles. The second-order valence-electron chi connectivity index (χ2n) is 4.32. The summed E-state index contributed by atoms with van der Waals surface area (Å²) < 4.78 is 4.91. The summed E-state index contributed by atoms with van der Waals surface area (Å²) >= 11 is 1.61. The number of nitrogens with zero attached hydrogens (tertiary/aromatic N) is 1. The Balaban J connectivity index is 2.01. The lowest BCUT2D eigenvalue weighted by atomic mass is 10.1. The Morgan fingerprint density at radius 1 is 1.42 bits per heavy atom. The highest BCUT2D eigenvalue weighted by Gasteiger charge is 2.07. The predicted octanol–water partition coefficient (Wildman–Crippen LogP) is 3.61. The van der Waals surface area contributed by atoms with Crippen molar-refractivity contribution in [2.75, 3.05) is 6.61 Å². The van der Waals surface area contributed by atoms with Gasteiger partial charge in [0.25, 0.3) is 0 Å². The smallest absolute Gasteiger partial charge is 0.306 e. The molecule has 0 saturated carbocycles. The Labute approximate surface area is 117 Å². The van der Waals surface area contributed by atoms with Crippen LogP contribution in [0.5, 0.6) is 0 Å². The zero-order valence-electron chi connectivity index (χ0n) is 11.2. The van der Waals surface area contributed by atoms with Gasteiger partial charge < -0.3 is 4.74 Å². The third-order valence-corrected chi connectivity index (χ3v) is 3.65. The zero-order chi connectivity index (χ0) is 13.7. The molecule has 4 heteroatoms. The van der Waals surface area contributed by atoms with Crippen LogP contribution in [0.2, 0.25) is 0 Å². The highest BCUT2D eigenvalue weighted by Crippen LogP contribution is 2.24. The molecule has 0 N–H and O–H groups in total. The number of benzene rings is 1. The normalized spacial score (nSPS) is 10.4. The molecule has 0 saturated heterocycles. The van der Waals surface area contributed by atoms with Crippen molar-refractivity contribution in [3.63, 3.8) is 0 Å². The van der Waals surface area contributed by atoms with E-state index in [4.69, 9.17) is 4.74 Å². The van der Waals surface area contributed by atoms with Gasteiger partial charge in [0.15, 0.2) is 0 Å². The van der Waals surface area contributed by atoms with E-state index in [2.05, 4.69) is 30.1 Å². The molecule has 0 amide bonds. The molecule has 19 heavy (non-hydrogen) atoms. The van der Waals surface area contributed by atoms with E-state index in [9.17, 15) is 4.79 Å². The first kappa shape index (κ1) is 13.7. The highest BCUT2D eigenvalue weighted by atomic mass is 32.1.